The first kappa shape index (κ1) is 15.4. The monoisotopic (exact) mass is 281 g/mol. The lowest BCUT2D eigenvalue weighted by Crippen LogP contribution is -2.27. The highest BCUT2D eigenvalue weighted by molar-refractivity contribution is 7.12. The van der Waals surface area contributed by atoms with E-state index in [1.165, 1.54) is 15.9 Å². The van der Waals surface area contributed by atoms with Crippen molar-refractivity contribution in [1.82, 2.24) is 4.90 Å². The van der Waals surface area contributed by atoms with E-state index in [4.69, 9.17) is 4.74 Å². The summed E-state index contributed by atoms with van der Waals surface area (Å²) in [6, 6.07) is 3.99. The minimum Gasteiger partial charge on any atom is -0.466 e. The number of likely N-dealkylation sites (N-methyl/N-ethyl adjacent to an activating group) is 1. The van der Waals surface area contributed by atoms with Crippen LogP contribution in [0.5, 0.6) is 0 Å². The predicted octanol–water partition coefficient (Wildman–Crippen LogP) is 2.48. The zero-order valence-electron chi connectivity index (χ0n) is 11.5. The first-order chi connectivity index (χ1) is 9.02. The van der Waals surface area contributed by atoms with Crippen LogP contribution in [0.3, 0.4) is 0 Å². The van der Waals surface area contributed by atoms with Gasteiger partial charge in [0, 0.05) is 29.4 Å². The summed E-state index contributed by atoms with van der Waals surface area (Å²) in [4.78, 5) is 26.7. The zero-order chi connectivity index (χ0) is 14.3. The molecule has 0 atom stereocenters. The Bertz CT molecular complexity index is 465. The highest BCUT2D eigenvalue weighted by Crippen LogP contribution is 2.16. The molecule has 0 aliphatic heterocycles. The molecule has 1 heterocycles. The second kappa shape index (κ2) is 7.74. The van der Waals surface area contributed by atoms with Gasteiger partial charge in [0.25, 0.3) is 0 Å². The van der Waals surface area contributed by atoms with Gasteiger partial charge in [0.2, 0.25) is 5.91 Å². The van der Waals surface area contributed by atoms with Gasteiger partial charge in [0.1, 0.15) is 0 Å². The molecule has 1 amide bonds. The van der Waals surface area contributed by atoms with Crippen molar-refractivity contribution in [3.8, 4) is 0 Å². The van der Waals surface area contributed by atoms with Crippen molar-refractivity contribution in [1.29, 1.82) is 0 Å². The summed E-state index contributed by atoms with van der Waals surface area (Å²) in [5.41, 5.74) is 0. The van der Waals surface area contributed by atoms with Gasteiger partial charge in [-0.25, -0.2) is 0 Å². The van der Waals surface area contributed by atoms with Crippen molar-refractivity contribution in [3.63, 3.8) is 0 Å². The molecule has 0 saturated carbocycles. The highest BCUT2D eigenvalue weighted by Gasteiger charge is 2.08. The topological polar surface area (TPSA) is 46.6 Å². The minimum absolute atomic E-state index is 0.115. The second-order valence-electron chi connectivity index (χ2n) is 4.10. The number of ether oxygens (including phenoxy) is 1. The van der Waals surface area contributed by atoms with E-state index in [2.05, 4.69) is 0 Å². The smallest absolute Gasteiger partial charge is 0.307 e. The van der Waals surface area contributed by atoms with Crippen LogP contribution in [0.1, 0.15) is 23.1 Å². The Morgan fingerprint density at radius 2 is 2.16 bits per heavy atom. The fourth-order valence-corrected chi connectivity index (χ4v) is 2.21. The average molecular weight is 281 g/mol. The van der Waals surface area contributed by atoms with Crippen LogP contribution in [0.2, 0.25) is 0 Å². The molecule has 0 aliphatic rings. The highest BCUT2D eigenvalue weighted by atomic mass is 32.1. The maximum absolute atomic E-state index is 11.8. The Labute approximate surface area is 117 Å². The molecule has 1 aromatic heterocycles. The molecule has 0 aliphatic carbocycles. The number of amides is 1. The predicted molar refractivity (Wildman–Crippen MR) is 77.0 cm³/mol. The van der Waals surface area contributed by atoms with Crippen LogP contribution in [-0.4, -0.2) is 37.0 Å². The maximum atomic E-state index is 11.8. The van der Waals surface area contributed by atoms with Crippen LogP contribution >= 0.6 is 11.3 Å². The number of rotatable bonds is 6. The van der Waals surface area contributed by atoms with E-state index in [0.717, 1.165) is 4.88 Å². The van der Waals surface area contributed by atoms with Gasteiger partial charge in [-0.3, -0.25) is 9.59 Å². The molecule has 1 aromatic rings. The third-order valence-corrected chi connectivity index (χ3v) is 3.45. The van der Waals surface area contributed by atoms with Gasteiger partial charge < -0.3 is 9.64 Å². The Hall–Kier alpha value is -1.62. The van der Waals surface area contributed by atoms with Crippen molar-refractivity contribution in [2.24, 2.45) is 0 Å². The normalized spacial score (nSPS) is 10.7. The first-order valence-electron chi connectivity index (χ1n) is 6.18. The van der Waals surface area contributed by atoms with E-state index >= 15 is 0 Å². The largest absolute Gasteiger partial charge is 0.466 e. The Morgan fingerprint density at radius 1 is 1.42 bits per heavy atom. The summed E-state index contributed by atoms with van der Waals surface area (Å²) in [5, 5.41) is 0. The SMILES string of the molecule is CCOC(=O)CCN(C)C(=O)C=Cc1ccc(C)s1. The molecule has 0 spiro atoms. The number of carbonyl (C=O) groups excluding carboxylic acids is 2. The Morgan fingerprint density at radius 3 is 2.74 bits per heavy atom. The van der Waals surface area contributed by atoms with Crippen LogP contribution in [0.25, 0.3) is 6.08 Å². The molecule has 0 fully saturated rings. The van der Waals surface area contributed by atoms with Crippen LogP contribution in [0, 0.1) is 6.92 Å². The molecule has 0 radical (unpaired) electrons. The summed E-state index contributed by atoms with van der Waals surface area (Å²) in [7, 11) is 1.67. The number of thiophene rings is 1. The lowest BCUT2D eigenvalue weighted by molar-refractivity contribution is -0.143. The summed E-state index contributed by atoms with van der Waals surface area (Å²) < 4.78 is 4.81. The number of nitrogens with zero attached hydrogens (tertiary/aromatic N) is 1. The van der Waals surface area contributed by atoms with Gasteiger partial charge >= 0.3 is 5.97 Å². The summed E-state index contributed by atoms with van der Waals surface area (Å²) in [6.45, 7) is 4.52. The Balaban J connectivity index is 2.40. The van der Waals surface area contributed by atoms with Gasteiger partial charge in [-0.05, 0) is 32.1 Å². The third-order valence-electron chi connectivity index (χ3n) is 2.48. The van der Waals surface area contributed by atoms with Crippen LogP contribution < -0.4 is 0 Å². The summed E-state index contributed by atoms with van der Waals surface area (Å²) in [6.07, 6.45) is 3.54. The molecule has 4 nitrogen and oxygen atoms in total. The molecule has 0 unspecified atom stereocenters. The molecule has 5 heteroatoms. The van der Waals surface area contributed by atoms with E-state index in [1.807, 2.05) is 19.1 Å². The lowest BCUT2D eigenvalue weighted by atomic mass is 10.3. The quantitative estimate of drug-likeness (QED) is 0.594. The number of carbonyl (C=O) groups is 2. The lowest BCUT2D eigenvalue weighted by Gasteiger charge is -2.14. The van der Waals surface area contributed by atoms with Crippen molar-refractivity contribution in [3.05, 3.63) is 28.0 Å². The van der Waals surface area contributed by atoms with E-state index in [0.29, 0.717) is 13.2 Å². The van der Waals surface area contributed by atoms with Gasteiger partial charge in [0.15, 0.2) is 0 Å². The average Bonchev–Trinajstić information content (AvgIpc) is 2.79. The van der Waals surface area contributed by atoms with E-state index in [9.17, 15) is 9.59 Å². The molecular weight excluding hydrogens is 262 g/mol. The first-order valence-corrected chi connectivity index (χ1v) is 6.99. The van der Waals surface area contributed by atoms with Crippen molar-refractivity contribution >= 4 is 29.3 Å². The standard InChI is InChI=1S/C14H19NO3S/c1-4-18-14(17)9-10-15(3)13(16)8-7-12-6-5-11(2)19-12/h5-8H,4,9-10H2,1-3H3. The van der Waals surface area contributed by atoms with E-state index < -0.39 is 0 Å². The summed E-state index contributed by atoms with van der Waals surface area (Å²) in [5.74, 6) is -0.393. The fourth-order valence-electron chi connectivity index (χ4n) is 1.43. The van der Waals surface area contributed by atoms with Gasteiger partial charge in [-0.1, -0.05) is 0 Å². The third kappa shape index (κ3) is 5.70. The molecule has 0 bridgehead atoms. The van der Waals surface area contributed by atoms with Crippen molar-refractivity contribution < 1.29 is 14.3 Å². The Kier molecular flexibility index (Phi) is 6.29. The van der Waals surface area contributed by atoms with Gasteiger partial charge in [-0.2, -0.15) is 0 Å². The van der Waals surface area contributed by atoms with Crippen molar-refractivity contribution in [2.75, 3.05) is 20.2 Å². The summed E-state index contributed by atoms with van der Waals surface area (Å²) >= 11 is 1.63. The van der Waals surface area contributed by atoms with E-state index in [1.54, 1.807) is 31.4 Å². The molecule has 0 saturated heterocycles. The number of esters is 1. The zero-order valence-corrected chi connectivity index (χ0v) is 12.3. The maximum Gasteiger partial charge on any atom is 0.307 e. The number of aryl methyl sites for hydroxylation is 1. The molecular formula is C14H19NO3S. The van der Waals surface area contributed by atoms with Crippen LogP contribution in [0.4, 0.5) is 0 Å². The number of hydrogen-bond donors (Lipinski definition) is 0. The molecule has 1 rings (SSSR count). The second-order valence-corrected chi connectivity index (χ2v) is 5.42. The van der Waals surface area contributed by atoms with Crippen LogP contribution in [-0.2, 0) is 14.3 Å². The van der Waals surface area contributed by atoms with Crippen molar-refractivity contribution in [2.45, 2.75) is 20.3 Å². The molecule has 19 heavy (non-hydrogen) atoms. The van der Waals surface area contributed by atoms with Gasteiger partial charge in [0.05, 0.1) is 13.0 Å². The fraction of sp³-hybridized carbons (Fsp3) is 0.429. The molecule has 0 N–H and O–H groups in total. The molecule has 104 valence electrons. The molecule has 0 aromatic carbocycles. The van der Waals surface area contributed by atoms with Gasteiger partial charge in [-0.15, -0.1) is 11.3 Å². The van der Waals surface area contributed by atoms with E-state index in [-0.39, 0.29) is 18.3 Å². The number of hydrogen-bond acceptors (Lipinski definition) is 4. The van der Waals surface area contributed by atoms with Crippen LogP contribution in [0.15, 0.2) is 18.2 Å². The minimum atomic E-state index is -0.278.